The normalized spacial score (nSPS) is 12.1. The van der Waals surface area contributed by atoms with Crippen molar-refractivity contribution in [1.82, 2.24) is 0 Å². The minimum absolute atomic E-state index is 0.240. The molecule has 0 aliphatic carbocycles. The highest BCUT2D eigenvalue weighted by molar-refractivity contribution is 5.57. The summed E-state index contributed by atoms with van der Waals surface area (Å²) in [7, 11) is 0. The van der Waals surface area contributed by atoms with E-state index in [1.54, 1.807) is 30.3 Å². The summed E-state index contributed by atoms with van der Waals surface area (Å²) in [4.78, 5) is 0. The van der Waals surface area contributed by atoms with Crippen LogP contribution in [-0.2, 0) is 10.8 Å². The molecule has 0 saturated heterocycles. The number of phenolic OH excluding ortho intramolecular Hbond substituents is 3. The van der Waals surface area contributed by atoms with Crippen LogP contribution >= 0.6 is 0 Å². The van der Waals surface area contributed by atoms with Crippen LogP contribution in [-0.4, -0.2) is 15.3 Å². The van der Waals surface area contributed by atoms with Gasteiger partial charge in [-0.1, -0.05) is 56.3 Å². The highest BCUT2D eigenvalue weighted by Crippen LogP contribution is 2.44. The Morgan fingerprint density at radius 1 is 0.457 bits per heavy atom. The molecule has 0 aromatic heterocycles. The van der Waals surface area contributed by atoms with E-state index < -0.39 is 5.41 Å². The number of benzene rings is 4. The standard InChI is InChI=1S/C32H34O3/c1-20-17-25(33)11-14-28(20)31(4,5)23-7-9-24(10-8-23)32(6,29-15-12-26(34)18-21(29)2)30-16-13-27(35)19-22(30)3/h7-19,33-35H,1-6H3. The van der Waals surface area contributed by atoms with Crippen molar-refractivity contribution in [3.63, 3.8) is 0 Å². The van der Waals surface area contributed by atoms with Gasteiger partial charge in [-0.3, -0.25) is 0 Å². The SMILES string of the molecule is Cc1cc(O)ccc1C(C)(C)c1ccc(C(C)(c2ccc(O)cc2C)c2ccc(O)cc2C)cc1. The summed E-state index contributed by atoms with van der Waals surface area (Å²) < 4.78 is 0. The van der Waals surface area contributed by atoms with Gasteiger partial charge in [0.1, 0.15) is 17.2 Å². The first-order valence-electron chi connectivity index (χ1n) is 12.0. The van der Waals surface area contributed by atoms with E-state index >= 15 is 0 Å². The summed E-state index contributed by atoms with van der Waals surface area (Å²) in [5.74, 6) is 0.775. The van der Waals surface area contributed by atoms with Crippen molar-refractivity contribution in [1.29, 1.82) is 0 Å². The van der Waals surface area contributed by atoms with Gasteiger partial charge in [0.2, 0.25) is 0 Å². The molecule has 0 bridgehead atoms. The number of aryl methyl sites for hydroxylation is 3. The molecule has 0 unspecified atom stereocenters. The Hall–Kier alpha value is -3.72. The summed E-state index contributed by atoms with van der Waals surface area (Å²) in [5.41, 5.74) is 8.02. The lowest BCUT2D eigenvalue weighted by Crippen LogP contribution is -2.28. The van der Waals surface area contributed by atoms with E-state index in [0.29, 0.717) is 0 Å². The average molecular weight is 467 g/mol. The average Bonchev–Trinajstić information content (AvgIpc) is 2.78. The predicted molar refractivity (Wildman–Crippen MR) is 143 cm³/mol. The van der Waals surface area contributed by atoms with Crippen molar-refractivity contribution in [2.24, 2.45) is 0 Å². The quantitative estimate of drug-likeness (QED) is 0.268. The number of phenols is 3. The highest BCUT2D eigenvalue weighted by atomic mass is 16.3. The Balaban J connectivity index is 1.88. The van der Waals surface area contributed by atoms with Gasteiger partial charge in [-0.15, -0.1) is 0 Å². The van der Waals surface area contributed by atoms with Crippen molar-refractivity contribution in [3.05, 3.63) is 123 Å². The van der Waals surface area contributed by atoms with E-state index in [9.17, 15) is 15.3 Å². The van der Waals surface area contributed by atoms with Gasteiger partial charge in [-0.25, -0.2) is 0 Å². The van der Waals surface area contributed by atoms with E-state index in [0.717, 1.165) is 33.4 Å². The van der Waals surface area contributed by atoms with Crippen LogP contribution in [0.15, 0.2) is 78.9 Å². The molecule has 0 fully saturated rings. The Kier molecular flexibility index (Phi) is 6.14. The lowest BCUT2D eigenvalue weighted by Gasteiger charge is -2.35. The van der Waals surface area contributed by atoms with Gasteiger partial charge < -0.3 is 15.3 Å². The van der Waals surface area contributed by atoms with Crippen LogP contribution in [0.2, 0.25) is 0 Å². The monoisotopic (exact) mass is 466 g/mol. The van der Waals surface area contributed by atoms with Crippen molar-refractivity contribution in [2.45, 2.75) is 52.4 Å². The maximum atomic E-state index is 10.1. The smallest absolute Gasteiger partial charge is 0.115 e. The van der Waals surface area contributed by atoms with E-state index in [1.807, 2.05) is 45.0 Å². The summed E-state index contributed by atoms with van der Waals surface area (Å²) in [5, 5.41) is 30.0. The molecule has 0 atom stereocenters. The maximum Gasteiger partial charge on any atom is 0.115 e. The van der Waals surface area contributed by atoms with Crippen LogP contribution < -0.4 is 0 Å². The first-order chi connectivity index (χ1) is 16.4. The van der Waals surface area contributed by atoms with Crippen molar-refractivity contribution >= 4 is 0 Å². The molecule has 35 heavy (non-hydrogen) atoms. The zero-order valence-corrected chi connectivity index (χ0v) is 21.3. The Morgan fingerprint density at radius 2 is 0.800 bits per heavy atom. The molecule has 4 aromatic carbocycles. The Labute approximate surface area is 208 Å². The Bertz CT molecular complexity index is 1330. The minimum Gasteiger partial charge on any atom is -0.508 e. The summed E-state index contributed by atoms with van der Waals surface area (Å²) in [6, 6.07) is 25.4. The second kappa shape index (κ2) is 8.81. The molecular weight excluding hydrogens is 432 g/mol. The van der Waals surface area contributed by atoms with Crippen LogP contribution in [0.4, 0.5) is 0 Å². The molecule has 0 aliphatic heterocycles. The maximum absolute atomic E-state index is 10.1. The van der Waals surface area contributed by atoms with Crippen LogP contribution in [0.5, 0.6) is 17.2 Å². The molecule has 0 radical (unpaired) electrons. The second-order valence-electron chi connectivity index (χ2n) is 10.3. The third-order valence-electron chi connectivity index (χ3n) is 7.56. The molecule has 0 saturated carbocycles. The molecule has 4 rings (SSSR count). The van der Waals surface area contributed by atoms with Gasteiger partial charge in [0.05, 0.1) is 0 Å². The first kappa shape index (κ1) is 24.4. The molecule has 4 aromatic rings. The molecule has 180 valence electrons. The van der Waals surface area contributed by atoms with Crippen LogP contribution in [0.3, 0.4) is 0 Å². The highest BCUT2D eigenvalue weighted by Gasteiger charge is 2.35. The fourth-order valence-corrected chi connectivity index (χ4v) is 5.60. The fraction of sp³-hybridized carbons (Fsp3) is 0.250. The van der Waals surface area contributed by atoms with Crippen molar-refractivity contribution in [2.75, 3.05) is 0 Å². The molecule has 0 amide bonds. The zero-order chi connectivity index (χ0) is 25.5. The molecule has 3 heteroatoms. The molecule has 3 N–H and O–H groups in total. The lowest BCUT2D eigenvalue weighted by molar-refractivity contribution is 0.472. The number of rotatable bonds is 5. The lowest BCUT2D eigenvalue weighted by atomic mass is 9.67. The van der Waals surface area contributed by atoms with E-state index in [4.69, 9.17) is 0 Å². The molecule has 3 nitrogen and oxygen atoms in total. The third-order valence-corrected chi connectivity index (χ3v) is 7.56. The third kappa shape index (κ3) is 4.27. The van der Waals surface area contributed by atoms with Crippen LogP contribution in [0, 0.1) is 20.8 Å². The molecule has 0 heterocycles. The number of aromatic hydroxyl groups is 3. The van der Waals surface area contributed by atoms with Crippen LogP contribution in [0.25, 0.3) is 0 Å². The Morgan fingerprint density at radius 3 is 1.17 bits per heavy atom. The van der Waals surface area contributed by atoms with Gasteiger partial charge in [-0.2, -0.15) is 0 Å². The van der Waals surface area contributed by atoms with Gasteiger partial charge in [0.15, 0.2) is 0 Å². The predicted octanol–water partition coefficient (Wildman–Crippen LogP) is 7.41. The van der Waals surface area contributed by atoms with E-state index in [1.165, 1.54) is 11.1 Å². The van der Waals surface area contributed by atoms with Gasteiger partial charge >= 0.3 is 0 Å². The van der Waals surface area contributed by atoms with Crippen LogP contribution in [0.1, 0.15) is 65.3 Å². The van der Waals surface area contributed by atoms with Gasteiger partial charge in [0, 0.05) is 10.8 Å². The zero-order valence-electron chi connectivity index (χ0n) is 21.3. The summed E-state index contributed by atoms with van der Waals surface area (Å²) >= 11 is 0. The summed E-state index contributed by atoms with van der Waals surface area (Å²) in [6.07, 6.45) is 0. The molecule has 0 aliphatic rings. The van der Waals surface area contributed by atoms with Gasteiger partial charge in [0.25, 0.3) is 0 Å². The summed E-state index contributed by atoms with van der Waals surface area (Å²) in [6.45, 7) is 12.7. The number of hydrogen-bond donors (Lipinski definition) is 3. The van der Waals surface area contributed by atoms with E-state index in [-0.39, 0.29) is 22.7 Å². The largest absolute Gasteiger partial charge is 0.508 e. The number of hydrogen-bond acceptors (Lipinski definition) is 3. The van der Waals surface area contributed by atoms with Crippen molar-refractivity contribution < 1.29 is 15.3 Å². The van der Waals surface area contributed by atoms with Gasteiger partial charge in [-0.05, 0) is 109 Å². The second-order valence-corrected chi connectivity index (χ2v) is 10.3. The topological polar surface area (TPSA) is 60.7 Å². The molecule has 0 spiro atoms. The fourth-order valence-electron chi connectivity index (χ4n) is 5.60. The van der Waals surface area contributed by atoms with Crippen molar-refractivity contribution in [3.8, 4) is 17.2 Å². The minimum atomic E-state index is -0.493. The first-order valence-corrected chi connectivity index (χ1v) is 12.0. The molecular formula is C32H34O3. The van der Waals surface area contributed by atoms with E-state index in [2.05, 4.69) is 45.0 Å².